The lowest BCUT2D eigenvalue weighted by Gasteiger charge is -2.31. The first-order chi connectivity index (χ1) is 18.3. The van der Waals surface area contributed by atoms with Gasteiger partial charge in [0.15, 0.2) is 5.13 Å². The molecule has 0 aliphatic carbocycles. The molecule has 2 N–H and O–H groups in total. The maximum absolute atomic E-state index is 13.6. The van der Waals surface area contributed by atoms with Crippen LogP contribution in [-0.4, -0.2) is 74.3 Å². The van der Waals surface area contributed by atoms with Crippen LogP contribution in [0.15, 0.2) is 30.6 Å². The van der Waals surface area contributed by atoms with Gasteiger partial charge in [0.2, 0.25) is 5.91 Å². The van der Waals surface area contributed by atoms with Gasteiger partial charge in [-0.3, -0.25) is 13.3 Å². The van der Waals surface area contributed by atoms with Crippen LogP contribution >= 0.6 is 22.9 Å². The summed E-state index contributed by atoms with van der Waals surface area (Å²) in [7, 11) is 1.25. The van der Waals surface area contributed by atoms with E-state index in [1.165, 1.54) is 29.5 Å². The summed E-state index contributed by atoms with van der Waals surface area (Å²) in [5, 5.41) is 2.93. The molecule has 1 aromatic carbocycles. The molecular weight excluding hydrogens is 552 g/mol. The number of likely N-dealkylation sites (tertiary alicyclic amines) is 1. The molecule has 0 radical (unpaired) electrons. The predicted molar refractivity (Wildman–Crippen MR) is 146 cm³/mol. The molecule has 3 aromatic rings. The Bertz CT molecular complexity index is 1400. The van der Waals surface area contributed by atoms with Crippen molar-refractivity contribution in [3.8, 4) is 0 Å². The number of hydrogen-bond acceptors (Lipinski definition) is 10. The van der Waals surface area contributed by atoms with Gasteiger partial charge in [-0.2, -0.15) is 0 Å². The lowest BCUT2D eigenvalue weighted by molar-refractivity contribution is -0.151. The van der Waals surface area contributed by atoms with Crippen molar-refractivity contribution in [1.82, 2.24) is 14.9 Å². The number of nitrogen functional groups attached to an aromatic ring is 1. The van der Waals surface area contributed by atoms with Gasteiger partial charge in [0.1, 0.15) is 22.9 Å². The number of pyridine rings is 1. The van der Waals surface area contributed by atoms with E-state index in [1.54, 1.807) is 24.4 Å². The molecule has 2 aliphatic heterocycles. The number of carbonyl (C=O) groups excluding carboxylic acids is 2. The molecule has 2 saturated heterocycles. The molecule has 11 nitrogen and oxygen atoms in total. The van der Waals surface area contributed by atoms with Crippen molar-refractivity contribution in [3.63, 3.8) is 0 Å². The predicted octanol–water partition coefficient (Wildman–Crippen LogP) is 2.51. The third kappa shape index (κ3) is 5.03. The average molecular weight is 578 g/mol. The Balaban J connectivity index is 1.41. The van der Waals surface area contributed by atoms with Crippen LogP contribution in [0.2, 0.25) is 5.02 Å². The summed E-state index contributed by atoms with van der Waals surface area (Å²) >= 11 is 5.04. The molecule has 3 atom stereocenters. The second kappa shape index (κ2) is 11.0. The molecule has 202 valence electrons. The zero-order valence-electron chi connectivity index (χ0n) is 20.5. The van der Waals surface area contributed by atoms with Gasteiger partial charge in [-0.1, -0.05) is 22.9 Å². The number of methoxy groups -OCH3 is 1. The number of aromatic nitrogens is 2. The van der Waals surface area contributed by atoms with E-state index in [1.807, 2.05) is 0 Å². The van der Waals surface area contributed by atoms with E-state index in [0.29, 0.717) is 26.8 Å². The summed E-state index contributed by atoms with van der Waals surface area (Å²) in [6.07, 6.45) is 5.48. The van der Waals surface area contributed by atoms with E-state index < -0.39 is 35.2 Å². The Morgan fingerprint density at radius 3 is 2.82 bits per heavy atom. The lowest BCUT2D eigenvalue weighted by atomic mass is 10.0. The number of thiazole rings is 1. The number of hydrogen-bond donors (Lipinski definition) is 1. The van der Waals surface area contributed by atoms with E-state index in [0.717, 1.165) is 40.8 Å². The van der Waals surface area contributed by atoms with Crippen molar-refractivity contribution in [1.29, 1.82) is 0 Å². The molecule has 1 amide bonds. The van der Waals surface area contributed by atoms with Crippen molar-refractivity contribution < 1.29 is 23.1 Å². The van der Waals surface area contributed by atoms with Crippen molar-refractivity contribution in [2.45, 2.75) is 37.8 Å². The first-order valence-electron chi connectivity index (χ1n) is 12.1. The number of ether oxygens (including phenoxy) is 1. The van der Waals surface area contributed by atoms with Gasteiger partial charge in [0.05, 0.1) is 13.3 Å². The Morgan fingerprint density at radius 2 is 2.11 bits per heavy atom. The number of fused-ring (bicyclic) bond motifs is 1. The summed E-state index contributed by atoms with van der Waals surface area (Å²) in [5.41, 5.74) is 6.58. The van der Waals surface area contributed by atoms with Gasteiger partial charge in [0.25, 0.3) is 0 Å². The van der Waals surface area contributed by atoms with Crippen LogP contribution in [-0.2, 0) is 32.0 Å². The van der Waals surface area contributed by atoms with Crippen LogP contribution in [0.1, 0.15) is 24.8 Å². The standard InChI is InChI=1S/C24H27ClN6O5S2/c1-36-23(33)19(11-15-10-14-4-6-27-21(26)16(14)12-17(15)25)30-9-5-18(22(30)32)31(38(34)35)20-13-28-24(37-20)29-7-2-3-8-29/h4,6,10,12-13,18-19H,2-3,5,7-9,11H2,1H3,(H2,26,27)(H,34,35)/p-1/t18-,19+/m0/s1. The number of benzene rings is 1. The van der Waals surface area contributed by atoms with E-state index in [4.69, 9.17) is 22.1 Å². The van der Waals surface area contributed by atoms with E-state index in [-0.39, 0.29) is 19.4 Å². The fraction of sp³-hybridized carbons (Fsp3) is 0.417. The smallest absolute Gasteiger partial charge is 0.328 e. The third-order valence-corrected chi connectivity index (χ3v) is 9.25. The molecule has 4 heterocycles. The van der Waals surface area contributed by atoms with Gasteiger partial charge in [-0.05, 0) is 48.4 Å². The highest BCUT2D eigenvalue weighted by atomic mass is 35.5. The molecule has 0 spiro atoms. The van der Waals surface area contributed by atoms with Gasteiger partial charge < -0.3 is 24.8 Å². The van der Waals surface area contributed by atoms with Crippen LogP contribution in [0.25, 0.3) is 10.8 Å². The highest BCUT2D eigenvalue weighted by Gasteiger charge is 2.43. The van der Waals surface area contributed by atoms with Crippen molar-refractivity contribution in [2.75, 3.05) is 41.7 Å². The molecule has 2 aromatic heterocycles. The summed E-state index contributed by atoms with van der Waals surface area (Å²) in [6, 6.07) is 3.28. The number of nitrogens with zero attached hydrogens (tertiary/aromatic N) is 5. The number of amides is 1. The Labute approximate surface area is 230 Å². The van der Waals surface area contributed by atoms with Crippen LogP contribution in [0, 0.1) is 0 Å². The number of esters is 1. The lowest BCUT2D eigenvalue weighted by Crippen LogP contribution is -2.49. The largest absolute Gasteiger partial charge is 0.755 e. The van der Waals surface area contributed by atoms with Crippen molar-refractivity contribution in [2.24, 2.45) is 0 Å². The topological polar surface area (TPSA) is 145 Å². The zero-order valence-corrected chi connectivity index (χ0v) is 22.9. The fourth-order valence-corrected chi connectivity index (χ4v) is 7.10. The maximum Gasteiger partial charge on any atom is 0.328 e. The molecule has 2 aliphatic rings. The van der Waals surface area contributed by atoms with E-state index >= 15 is 0 Å². The van der Waals surface area contributed by atoms with Crippen molar-refractivity contribution >= 4 is 72.8 Å². The average Bonchev–Trinajstić information content (AvgIpc) is 3.66. The second-order valence-corrected chi connectivity index (χ2v) is 11.4. The minimum atomic E-state index is -2.72. The minimum absolute atomic E-state index is 0.0856. The fourth-order valence-electron chi connectivity index (χ4n) is 5.04. The number of carbonyl (C=O) groups is 2. The van der Waals surface area contributed by atoms with Crippen LogP contribution < -0.4 is 14.9 Å². The highest BCUT2D eigenvalue weighted by molar-refractivity contribution is 7.81. The number of anilines is 3. The molecule has 0 saturated carbocycles. The van der Waals surface area contributed by atoms with Gasteiger partial charge in [-0.15, -0.1) is 0 Å². The molecule has 5 rings (SSSR count). The number of rotatable bonds is 8. The monoisotopic (exact) mass is 577 g/mol. The van der Waals surface area contributed by atoms with Gasteiger partial charge >= 0.3 is 5.97 Å². The minimum Gasteiger partial charge on any atom is -0.755 e. The Hall–Kier alpha value is -3.00. The van der Waals surface area contributed by atoms with E-state index in [2.05, 4.69) is 14.9 Å². The Kier molecular flexibility index (Phi) is 7.70. The molecular formula is C24H26ClN6O5S2-. The molecule has 14 heteroatoms. The summed E-state index contributed by atoms with van der Waals surface area (Å²) in [4.78, 5) is 38.4. The first-order valence-corrected chi connectivity index (χ1v) is 14.3. The molecule has 0 bridgehead atoms. The SMILES string of the molecule is COC(=O)[C@@H](Cc1cc2ccnc(N)c2cc1Cl)N1CC[C@H](N(c2cnc(N3CCCC3)s2)S(=O)[O-])C1=O. The highest BCUT2D eigenvalue weighted by Crippen LogP contribution is 2.36. The maximum atomic E-state index is 13.6. The second-order valence-electron chi connectivity index (χ2n) is 9.16. The normalized spacial score (nSPS) is 19.2. The summed E-state index contributed by atoms with van der Waals surface area (Å²) in [5.74, 6) is -0.765. The molecule has 38 heavy (non-hydrogen) atoms. The first kappa shape index (κ1) is 26.6. The summed E-state index contributed by atoms with van der Waals surface area (Å²) < 4.78 is 30.7. The number of halogens is 1. The van der Waals surface area contributed by atoms with E-state index in [9.17, 15) is 18.4 Å². The quantitative estimate of drug-likeness (QED) is 0.315. The third-order valence-electron chi connectivity index (χ3n) is 6.96. The van der Waals surface area contributed by atoms with Crippen LogP contribution in [0.3, 0.4) is 0 Å². The molecule has 1 unspecified atom stereocenters. The van der Waals surface area contributed by atoms with Gasteiger partial charge in [0, 0.05) is 53.9 Å². The van der Waals surface area contributed by atoms with Crippen molar-refractivity contribution in [3.05, 3.63) is 41.2 Å². The summed E-state index contributed by atoms with van der Waals surface area (Å²) in [6.45, 7) is 1.91. The van der Waals surface area contributed by atoms with Crippen LogP contribution in [0.4, 0.5) is 16.0 Å². The molecule has 2 fully saturated rings. The van der Waals surface area contributed by atoms with Crippen LogP contribution in [0.5, 0.6) is 0 Å². The Morgan fingerprint density at radius 1 is 1.34 bits per heavy atom. The zero-order chi connectivity index (χ0) is 27.0. The number of nitrogens with two attached hydrogens (primary N) is 1. The van der Waals surface area contributed by atoms with Gasteiger partial charge in [-0.25, -0.2) is 14.8 Å².